The first kappa shape index (κ1) is 17.2. The monoisotopic (exact) mass is 324 g/mol. The van der Waals surface area contributed by atoms with Gasteiger partial charge in [0.05, 0.1) is 37.4 Å². The van der Waals surface area contributed by atoms with Crippen molar-refractivity contribution < 1.29 is 23.9 Å². The lowest BCUT2D eigenvalue weighted by Crippen LogP contribution is -2.37. The predicted molar refractivity (Wildman–Crippen MR) is 82.4 cm³/mol. The molecule has 1 aliphatic rings. The van der Waals surface area contributed by atoms with Crippen LogP contribution in [0.3, 0.4) is 0 Å². The average Bonchev–Trinajstić information content (AvgIpc) is 2.58. The topological polar surface area (TPSA) is 91.1 Å². The van der Waals surface area contributed by atoms with Crippen molar-refractivity contribution in [1.82, 2.24) is 4.90 Å². The van der Waals surface area contributed by atoms with Crippen LogP contribution in [0.25, 0.3) is 0 Å². The van der Waals surface area contributed by atoms with Gasteiger partial charge in [0.2, 0.25) is 5.75 Å². The molecular weight excluding hydrogens is 304 g/mol. The molecule has 8 heteroatoms. The third-order valence-electron chi connectivity index (χ3n) is 3.62. The number of rotatable bonds is 8. The highest BCUT2D eigenvalue weighted by atomic mass is 16.6. The Morgan fingerprint density at radius 2 is 2.13 bits per heavy atom. The van der Waals surface area contributed by atoms with Crippen molar-refractivity contribution in [1.29, 1.82) is 0 Å². The fourth-order valence-electron chi connectivity index (χ4n) is 2.46. The van der Waals surface area contributed by atoms with E-state index in [9.17, 15) is 14.9 Å². The Hall–Kier alpha value is -2.19. The number of aldehydes is 1. The molecule has 23 heavy (non-hydrogen) atoms. The maximum absolute atomic E-state index is 11.1. The van der Waals surface area contributed by atoms with Gasteiger partial charge in [-0.15, -0.1) is 0 Å². The van der Waals surface area contributed by atoms with Gasteiger partial charge in [-0.1, -0.05) is 0 Å². The molecule has 0 saturated carbocycles. The zero-order valence-electron chi connectivity index (χ0n) is 13.0. The van der Waals surface area contributed by atoms with Gasteiger partial charge in [-0.3, -0.25) is 19.8 Å². The molecule has 0 aliphatic carbocycles. The SMILES string of the molecule is COc1c(OCCCN2CCOCC2)ccc(C=O)c1[N+](=O)[O-]. The van der Waals surface area contributed by atoms with Crippen LogP contribution < -0.4 is 9.47 Å². The number of morpholine rings is 1. The molecule has 0 atom stereocenters. The van der Waals surface area contributed by atoms with Crippen LogP contribution in [0.1, 0.15) is 16.8 Å². The van der Waals surface area contributed by atoms with E-state index in [1.807, 2.05) is 0 Å². The summed E-state index contributed by atoms with van der Waals surface area (Å²) in [6.07, 6.45) is 1.22. The minimum Gasteiger partial charge on any atom is -0.489 e. The molecule has 0 radical (unpaired) electrons. The van der Waals surface area contributed by atoms with Crippen LogP contribution in [0, 0.1) is 10.1 Å². The molecule has 0 bridgehead atoms. The number of nitro groups is 1. The van der Waals surface area contributed by atoms with Crippen molar-refractivity contribution in [3.63, 3.8) is 0 Å². The molecule has 0 spiro atoms. The Kier molecular flexibility index (Phi) is 6.30. The third kappa shape index (κ3) is 4.40. The van der Waals surface area contributed by atoms with Gasteiger partial charge in [0.25, 0.3) is 0 Å². The summed E-state index contributed by atoms with van der Waals surface area (Å²) in [7, 11) is 1.32. The zero-order chi connectivity index (χ0) is 16.7. The number of nitrogens with zero attached hydrogens (tertiary/aromatic N) is 2. The molecule has 0 N–H and O–H groups in total. The number of carbonyl (C=O) groups is 1. The Morgan fingerprint density at radius 3 is 2.74 bits per heavy atom. The number of methoxy groups -OCH3 is 1. The summed E-state index contributed by atoms with van der Waals surface area (Å²) in [4.78, 5) is 23.7. The smallest absolute Gasteiger partial charge is 0.325 e. The number of nitro benzene ring substituents is 1. The van der Waals surface area contributed by atoms with Crippen LogP contribution in [-0.2, 0) is 4.74 Å². The van der Waals surface area contributed by atoms with E-state index in [-0.39, 0.29) is 22.7 Å². The number of carbonyl (C=O) groups excluding carboxylic acids is 1. The van der Waals surface area contributed by atoms with E-state index in [0.717, 1.165) is 39.3 Å². The van der Waals surface area contributed by atoms with Crippen molar-refractivity contribution >= 4 is 12.0 Å². The first-order valence-electron chi connectivity index (χ1n) is 7.41. The molecule has 1 heterocycles. The highest BCUT2D eigenvalue weighted by Crippen LogP contribution is 2.38. The van der Waals surface area contributed by atoms with Gasteiger partial charge in [-0.25, -0.2) is 0 Å². The molecule has 1 aromatic carbocycles. The maximum atomic E-state index is 11.1. The van der Waals surface area contributed by atoms with E-state index in [1.165, 1.54) is 19.2 Å². The molecule has 1 saturated heterocycles. The van der Waals surface area contributed by atoms with Crippen molar-refractivity contribution in [2.24, 2.45) is 0 Å². The maximum Gasteiger partial charge on any atom is 0.325 e. The van der Waals surface area contributed by atoms with Gasteiger partial charge < -0.3 is 14.2 Å². The summed E-state index contributed by atoms with van der Waals surface area (Å²) in [6, 6.07) is 2.88. The van der Waals surface area contributed by atoms with Gasteiger partial charge in [-0.2, -0.15) is 0 Å². The lowest BCUT2D eigenvalue weighted by Gasteiger charge is -2.26. The Morgan fingerprint density at radius 1 is 1.39 bits per heavy atom. The Balaban J connectivity index is 1.97. The lowest BCUT2D eigenvalue weighted by molar-refractivity contribution is -0.386. The van der Waals surface area contributed by atoms with E-state index in [1.54, 1.807) is 0 Å². The van der Waals surface area contributed by atoms with E-state index in [2.05, 4.69) is 4.90 Å². The van der Waals surface area contributed by atoms with Gasteiger partial charge in [0.1, 0.15) is 0 Å². The van der Waals surface area contributed by atoms with Gasteiger partial charge in [-0.05, 0) is 18.6 Å². The molecule has 0 aromatic heterocycles. The molecule has 126 valence electrons. The van der Waals surface area contributed by atoms with E-state index in [4.69, 9.17) is 14.2 Å². The highest BCUT2D eigenvalue weighted by Gasteiger charge is 2.25. The predicted octanol–water partition coefficient (Wildman–Crippen LogP) is 1.52. The van der Waals surface area contributed by atoms with Crippen LogP contribution >= 0.6 is 0 Å². The second-order valence-corrected chi connectivity index (χ2v) is 5.07. The minimum atomic E-state index is -0.636. The summed E-state index contributed by atoms with van der Waals surface area (Å²) >= 11 is 0. The molecule has 8 nitrogen and oxygen atoms in total. The molecule has 2 rings (SSSR count). The van der Waals surface area contributed by atoms with Crippen molar-refractivity contribution in [3.05, 3.63) is 27.8 Å². The minimum absolute atomic E-state index is 0.0222. The summed E-state index contributed by atoms with van der Waals surface area (Å²) in [5, 5.41) is 11.1. The molecule has 1 aliphatic heterocycles. The van der Waals surface area contributed by atoms with Crippen LogP contribution in [0.15, 0.2) is 12.1 Å². The van der Waals surface area contributed by atoms with Gasteiger partial charge in [0, 0.05) is 19.6 Å². The van der Waals surface area contributed by atoms with Crippen LogP contribution in [-0.4, -0.2) is 62.7 Å². The number of hydrogen-bond donors (Lipinski definition) is 0. The van der Waals surface area contributed by atoms with Crippen LogP contribution in [0.2, 0.25) is 0 Å². The van der Waals surface area contributed by atoms with Crippen LogP contribution in [0.4, 0.5) is 5.69 Å². The van der Waals surface area contributed by atoms with E-state index < -0.39 is 4.92 Å². The Labute approximate surface area is 134 Å². The molecule has 0 unspecified atom stereocenters. The summed E-state index contributed by atoms with van der Waals surface area (Å²) in [5.41, 5.74) is -0.402. The summed E-state index contributed by atoms with van der Waals surface area (Å²) in [5.74, 6) is 0.248. The number of benzene rings is 1. The zero-order valence-corrected chi connectivity index (χ0v) is 13.0. The van der Waals surface area contributed by atoms with E-state index >= 15 is 0 Å². The summed E-state index contributed by atoms with van der Waals surface area (Å²) < 4.78 is 16.0. The largest absolute Gasteiger partial charge is 0.489 e. The van der Waals surface area contributed by atoms with E-state index in [0.29, 0.717) is 12.9 Å². The molecular formula is C15H20N2O6. The average molecular weight is 324 g/mol. The lowest BCUT2D eigenvalue weighted by atomic mass is 10.1. The number of hydrogen-bond acceptors (Lipinski definition) is 7. The summed E-state index contributed by atoms with van der Waals surface area (Å²) in [6.45, 7) is 4.58. The van der Waals surface area contributed by atoms with Crippen molar-refractivity contribution in [2.45, 2.75) is 6.42 Å². The van der Waals surface area contributed by atoms with Gasteiger partial charge >= 0.3 is 5.69 Å². The quantitative estimate of drug-likeness (QED) is 0.310. The first-order chi connectivity index (χ1) is 11.2. The molecule has 0 amide bonds. The number of ether oxygens (including phenoxy) is 3. The fourth-order valence-corrected chi connectivity index (χ4v) is 2.46. The van der Waals surface area contributed by atoms with Crippen molar-refractivity contribution in [3.8, 4) is 11.5 Å². The van der Waals surface area contributed by atoms with Crippen molar-refractivity contribution in [2.75, 3.05) is 46.6 Å². The molecule has 1 fully saturated rings. The molecule has 1 aromatic rings. The first-order valence-corrected chi connectivity index (χ1v) is 7.41. The standard InChI is InChI=1S/C15H20N2O6/c1-21-15-13(4-3-12(11-18)14(15)17(19)20)23-8-2-5-16-6-9-22-10-7-16/h3-4,11H,2,5-10H2,1H3. The highest BCUT2D eigenvalue weighted by molar-refractivity contribution is 5.85. The normalized spacial score (nSPS) is 15.2. The van der Waals surface area contributed by atoms with Gasteiger partial charge in [0.15, 0.2) is 12.0 Å². The third-order valence-corrected chi connectivity index (χ3v) is 3.62. The fraction of sp³-hybridized carbons (Fsp3) is 0.533. The second kappa shape index (κ2) is 8.44. The van der Waals surface area contributed by atoms with Crippen LogP contribution in [0.5, 0.6) is 11.5 Å². The Bertz CT molecular complexity index is 557. The second-order valence-electron chi connectivity index (χ2n) is 5.07.